The zero-order valence-corrected chi connectivity index (χ0v) is 11.5. The monoisotopic (exact) mass is 282 g/mol. The fraction of sp³-hybridized carbons (Fsp3) is 0.125. The molecule has 5 nitrogen and oxygen atoms in total. The number of rotatable bonds is 4. The molecule has 0 saturated heterocycles. The fourth-order valence-electron chi connectivity index (χ4n) is 2.40. The number of para-hydroxylation sites is 2. The number of imidazole rings is 1. The Bertz CT molecular complexity index is 808. The molecule has 0 unspecified atom stereocenters. The Labute approximate surface area is 121 Å². The van der Waals surface area contributed by atoms with E-state index >= 15 is 0 Å². The molecule has 3 aromatic rings. The molecule has 5 heteroatoms. The summed E-state index contributed by atoms with van der Waals surface area (Å²) in [7, 11) is 1.63. The molecular weight excluding hydrogens is 268 g/mol. The third-order valence-electron chi connectivity index (χ3n) is 3.41. The third-order valence-corrected chi connectivity index (χ3v) is 3.41. The lowest BCUT2D eigenvalue weighted by molar-refractivity contribution is 0.0699. The van der Waals surface area contributed by atoms with Crippen LogP contribution in [0.2, 0.25) is 0 Å². The number of carboxylic acids is 1. The average molecular weight is 282 g/mol. The second-order valence-corrected chi connectivity index (χ2v) is 4.66. The van der Waals surface area contributed by atoms with Gasteiger partial charge in [0, 0.05) is 5.56 Å². The van der Waals surface area contributed by atoms with Crippen LogP contribution in [0.1, 0.15) is 15.9 Å². The molecule has 0 aliphatic rings. The van der Waals surface area contributed by atoms with Gasteiger partial charge in [-0.2, -0.15) is 0 Å². The van der Waals surface area contributed by atoms with Crippen LogP contribution in [0.3, 0.4) is 0 Å². The van der Waals surface area contributed by atoms with E-state index in [1.165, 1.54) is 0 Å². The van der Waals surface area contributed by atoms with Gasteiger partial charge in [-0.05, 0) is 18.2 Å². The van der Waals surface area contributed by atoms with Crippen molar-refractivity contribution in [3.63, 3.8) is 0 Å². The van der Waals surface area contributed by atoms with E-state index in [1.807, 2.05) is 34.9 Å². The van der Waals surface area contributed by atoms with E-state index in [0.29, 0.717) is 12.1 Å². The van der Waals surface area contributed by atoms with Crippen molar-refractivity contribution in [2.45, 2.75) is 6.54 Å². The van der Waals surface area contributed by atoms with Crippen molar-refractivity contribution in [3.05, 3.63) is 59.9 Å². The number of aromatic nitrogens is 2. The number of benzene rings is 2. The summed E-state index contributed by atoms with van der Waals surface area (Å²) in [6.45, 7) is 0.573. The summed E-state index contributed by atoms with van der Waals surface area (Å²) >= 11 is 0. The number of nitrogens with zero attached hydrogens (tertiary/aromatic N) is 2. The molecule has 0 radical (unpaired) electrons. The molecule has 1 aromatic heterocycles. The molecule has 0 amide bonds. The third kappa shape index (κ3) is 2.33. The molecule has 0 saturated carbocycles. The van der Waals surface area contributed by atoms with Gasteiger partial charge in [-0.3, -0.25) is 0 Å². The van der Waals surface area contributed by atoms with Crippen LogP contribution >= 0.6 is 0 Å². The van der Waals surface area contributed by atoms with Crippen molar-refractivity contribution in [1.29, 1.82) is 0 Å². The van der Waals surface area contributed by atoms with Crippen LogP contribution in [0.15, 0.2) is 48.8 Å². The van der Waals surface area contributed by atoms with E-state index < -0.39 is 5.97 Å². The van der Waals surface area contributed by atoms with Gasteiger partial charge < -0.3 is 14.4 Å². The molecule has 0 spiro atoms. The largest absolute Gasteiger partial charge is 0.496 e. The Kier molecular flexibility index (Phi) is 3.31. The number of hydrogen-bond acceptors (Lipinski definition) is 3. The first-order valence-corrected chi connectivity index (χ1v) is 6.49. The van der Waals surface area contributed by atoms with E-state index in [-0.39, 0.29) is 5.56 Å². The molecule has 106 valence electrons. The van der Waals surface area contributed by atoms with Gasteiger partial charge in [0.1, 0.15) is 11.3 Å². The Morgan fingerprint density at radius 1 is 1.24 bits per heavy atom. The highest BCUT2D eigenvalue weighted by atomic mass is 16.5. The summed E-state index contributed by atoms with van der Waals surface area (Å²) in [5, 5.41) is 9.19. The van der Waals surface area contributed by atoms with Gasteiger partial charge in [0.25, 0.3) is 0 Å². The van der Waals surface area contributed by atoms with E-state index in [1.54, 1.807) is 25.6 Å². The molecule has 1 heterocycles. The van der Waals surface area contributed by atoms with Gasteiger partial charge in [-0.15, -0.1) is 0 Å². The standard InChI is InChI=1S/C16H14N2O3/c1-21-14-8-3-2-5-11(14)9-18-10-17-15-12(16(19)20)6-4-7-13(15)18/h2-8,10H,9H2,1H3,(H,19,20). The number of hydrogen-bond donors (Lipinski definition) is 1. The zero-order valence-electron chi connectivity index (χ0n) is 11.5. The first-order chi connectivity index (χ1) is 10.2. The zero-order chi connectivity index (χ0) is 14.8. The predicted molar refractivity (Wildman–Crippen MR) is 78.8 cm³/mol. The molecular formula is C16H14N2O3. The Balaban J connectivity index is 2.06. The Morgan fingerprint density at radius 2 is 2.05 bits per heavy atom. The molecule has 0 bridgehead atoms. The second kappa shape index (κ2) is 5.28. The van der Waals surface area contributed by atoms with Crippen LogP contribution in [-0.4, -0.2) is 27.7 Å². The van der Waals surface area contributed by atoms with Crippen LogP contribution in [0.25, 0.3) is 11.0 Å². The van der Waals surface area contributed by atoms with Crippen molar-refractivity contribution >= 4 is 17.0 Å². The van der Waals surface area contributed by atoms with Gasteiger partial charge in [0.15, 0.2) is 0 Å². The quantitative estimate of drug-likeness (QED) is 0.799. The highest BCUT2D eigenvalue weighted by Gasteiger charge is 2.13. The predicted octanol–water partition coefficient (Wildman–Crippen LogP) is 2.79. The summed E-state index contributed by atoms with van der Waals surface area (Å²) in [6.07, 6.45) is 1.66. The molecule has 3 rings (SSSR count). The van der Waals surface area contributed by atoms with E-state index in [4.69, 9.17) is 4.74 Å². The molecule has 2 aromatic carbocycles. The van der Waals surface area contributed by atoms with Gasteiger partial charge in [0.2, 0.25) is 0 Å². The normalized spacial score (nSPS) is 10.7. The second-order valence-electron chi connectivity index (χ2n) is 4.66. The van der Waals surface area contributed by atoms with Crippen molar-refractivity contribution < 1.29 is 14.6 Å². The summed E-state index contributed by atoms with van der Waals surface area (Å²) in [5.74, 6) is -0.170. The molecule has 0 atom stereocenters. The van der Waals surface area contributed by atoms with E-state index in [0.717, 1.165) is 16.8 Å². The lowest BCUT2D eigenvalue weighted by Gasteiger charge is -2.09. The highest BCUT2D eigenvalue weighted by molar-refractivity contribution is 6.00. The molecule has 0 aliphatic carbocycles. The van der Waals surface area contributed by atoms with Crippen LogP contribution in [0, 0.1) is 0 Å². The molecule has 1 N–H and O–H groups in total. The Hall–Kier alpha value is -2.82. The number of aromatic carboxylic acids is 1. The number of carbonyl (C=O) groups is 1. The van der Waals surface area contributed by atoms with E-state index in [2.05, 4.69) is 4.98 Å². The fourth-order valence-corrected chi connectivity index (χ4v) is 2.40. The first-order valence-electron chi connectivity index (χ1n) is 6.49. The van der Waals surface area contributed by atoms with Crippen molar-refractivity contribution in [2.24, 2.45) is 0 Å². The first kappa shape index (κ1) is 13.2. The highest BCUT2D eigenvalue weighted by Crippen LogP contribution is 2.22. The number of ether oxygens (including phenoxy) is 1. The van der Waals surface area contributed by atoms with Crippen molar-refractivity contribution in [1.82, 2.24) is 9.55 Å². The van der Waals surface area contributed by atoms with Crippen LogP contribution in [0.4, 0.5) is 0 Å². The van der Waals surface area contributed by atoms with Crippen molar-refractivity contribution in [3.8, 4) is 5.75 Å². The Morgan fingerprint density at radius 3 is 2.81 bits per heavy atom. The number of methoxy groups -OCH3 is 1. The minimum Gasteiger partial charge on any atom is -0.496 e. The van der Waals surface area contributed by atoms with Crippen LogP contribution < -0.4 is 4.74 Å². The maximum absolute atomic E-state index is 11.2. The summed E-state index contributed by atoms with van der Waals surface area (Å²) < 4.78 is 7.26. The number of carboxylic acid groups (broad SMARTS) is 1. The smallest absolute Gasteiger partial charge is 0.337 e. The van der Waals surface area contributed by atoms with Gasteiger partial charge in [-0.1, -0.05) is 24.3 Å². The maximum atomic E-state index is 11.2. The van der Waals surface area contributed by atoms with Gasteiger partial charge in [-0.25, -0.2) is 9.78 Å². The SMILES string of the molecule is COc1ccccc1Cn1cnc2c(C(=O)O)cccc21. The van der Waals surface area contributed by atoms with Gasteiger partial charge in [0.05, 0.1) is 31.1 Å². The molecule has 0 fully saturated rings. The number of fused-ring (bicyclic) bond motifs is 1. The molecule has 21 heavy (non-hydrogen) atoms. The maximum Gasteiger partial charge on any atom is 0.337 e. The average Bonchev–Trinajstić information content (AvgIpc) is 2.91. The molecule has 0 aliphatic heterocycles. The topological polar surface area (TPSA) is 64.4 Å². The van der Waals surface area contributed by atoms with Crippen LogP contribution in [-0.2, 0) is 6.54 Å². The minimum absolute atomic E-state index is 0.214. The lowest BCUT2D eigenvalue weighted by atomic mass is 10.1. The van der Waals surface area contributed by atoms with E-state index in [9.17, 15) is 9.90 Å². The minimum atomic E-state index is -0.969. The van der Waals surface area contributed by atoms with Crippen molar-refractivity contribution in [2.75, 3.05) is 7.11 Å². The summed E-state index contributed by atoms with van der Waals surface area (Å²) in [4.78, 5) is 15.4. The lowest BCUT2D eigenvalue weighted by Crippen LogP contribution is -2.01. The van der Waals surface area contributed by atoms with Crippen LogP contribution in [0.5, 0.6) is 5.75 Å². The van der Waals surface area contributed by atoms with Gasteiger partial charge >= 0.3 is 5.97 Å². The summed E-state index contributed by atoms with van der Waals surface area (Å²) in [5.41, 5.74) is 2.52. The summed E-state index contributed by atoms with van der Waals surface area (Å²) in [6, 6.07) is 12.9.